The number of carbonyl (C=O) groups is 1. The van der Waals surface area contributed by atoms with Gasteiger partial charge in [-0.15, -0.1) is 0 Å². The minimum Gasteiger partial charge on any atom is -0.399 e. The third-order valence-electron chi connectivity index (χ3n) is 7.20. The van der Waals surface area contributed by atoms with E-state index in [-0.39, 0.29) is 11.3 Å². The molecule has 7 heteroatoms. The Kier molecular flexibility index (Phi) is 4.10. The van der Waals surface area contributed by atoms with Crippen LogP contribution in [0.4, 0.5) is 5.82 Å². The fourth-order valence-electron chi connectivity index (χ4n) is 4.84. The fourth-order valence-corrected chi connectivity index (χ4v) is 4.84. The van der Waals surface area contributed by atoms with Crippen molar-refractivity contribution in [2.45, 2.75) is 72.1 Å². The molecule has 2 aromatic rings. The second kappa shape index (κ2) is 6.20. The van der Waals surface area contributed by atoms with Gasteiger partial charge in [0.1, 0.15) is 11.5 Å². The maximum Gasteiger partial charge on any atom is 0.495 e. The van der Waals surface area contributed by atoms with Gasteiger partial charge < -0.3 is 13.9 Å². The van der Waals surface area contributed by atoms with Gasteiger partial charge in [0, 0.05) is 25.0 Å². The van der Waals surface area contributed by atoms with Gasteiger partial charge in [0.2, 0.25) is 0 Å². The molecule has 1 amide bonds. The zero-order valence-electron chi connectivity index (χ0n) is 18.8. The third-order valence-corrected chi connectivity index (χ3v) is 7.20. The molecule has 2 aromatic heterocycles. The largest absolute Gasteiger partial charge is 0.495 e. The Balaban J connectivity index is 1.42. The lowest BCUT2D eigenvalue weighted by molar-refractivity contribution is 0.00578. The van der Waals surface area contributed by atoms with Crippen molar-refractivity contribution in [1.82, 2.24) is 9.55 Å². The van der Waals surface area contributed by atoms with Gasteiger partial charge in [-0.1, -0.05) is 13.8 Å². The number of fused-ring (bicyclic) bond motifs is 3. The van der Waals surface area contributed by atoms with Crippen LogP contribution in [0.2, 0.25) is 0 Å². The van der Waals surface area contributed by atoms with E-state index in [1.165, 1.54) is 11.3 Å². The van der Waals surface area contributed by atoms with Gasteiger partial charge in [0.25, 0.3) is 5.91 Å². The maximum absolute atomic E-state index is 13.3. The molecule has 4 heterocycles. The number of nitrogens with zero attached hydrogens (tertiary/aromatic N) is 3. The third kappa shape index (κ3) is 2.94. The SMILES string of the molecule is CC1(C)Cc2cc3n(c2C1)CCN(c1cc(B2OC(C)(C)C(C)(C)O2)ccn1)C3=O. The first-order chi connectivity index (χ1) is 14.0. The molecule has 0 unspecified atom stereocenters. The van der Waals surface area contributed by atoms with Crippen molar-refractivity contribution in [3.05, 3.63) is 41.3 Å². The summed E-state index contributed by atoms with van der Waals surface area (Å²) in [4.78, 5) is 19.6. The van der Waals surface area contributed by atoms with Crippen LogP contribution in [0, 0.1) is 5.41 Å². The van der Waals surface area contributed by atoms with Crippen molar-refractivity contribution >= 4 is 24.3 Å². The smallest absolute Gasteiger partial charge is 0.399 e. The van der Waals surface area contributed by atoms with Crippen molar-refractivity contribution < 1.29 is 14.1 Å². The van der Waals surface area contributed by atoms with Crippen LogP contribution in [0.25, 0.3) is 0 Å². The van der Waals surface area contributed by atoms with Crippen molar-refractivity contribution in [2.24, 2.45) is 5.41 Å². The molecule has 0 radical (unpaired) electrons. The van der Waals surface area contributed by atoms with Crippen LogP contribution in [-0.2, 0) is 28.7 Å². The van der Waals surface area contributed by atoms with Crippen LogP contribution in [0.3, 0.4) is 0 Å². The molecule has 30 heavy (non-hydrogen) atoms. The summed E-state index contributed by atoms with van der Waals surface area (Å²) in [7, 11) is -0.466. The highest BCUT2D eigenvalue weighted by atomic mass is 16.7. The van der Waals surface area contributed by atoms with E-state index in [0.717, 1.165) is 30.5 Å². The van der Waals surface area contributed by atoms with Crippen molar-refractivity contribution in [3.8, 4) is 0 Å². The first-order valence-electron chi connectivity index (χ1n) is 10.8. The van der Waals surface area contributed by atoms with Gasteiger partial charge in [0.15, 0.2) is 0 Å². The molecule has 158 valence electrons. The van der Waals surface area contributed by atoms with Crippen molar-refractivity contribution in [3.63, 3.8) is 0 Å². The number of amides is 1. The summed E-state index contributed by atoms with van der Waals surface area (Å²) in [6, 6.07) is 5.92. The Morgan fingerprint density at radius 3 is 2.40 bits per heavy atom. The summed E-state index contributed by atoms with van der Waals surface area (Å²) in [5, 5.41) is 0. The molecule has 6 nitrogen and oxygen atoms in total. The second-order valence-corrected chi connectivity index (χ2v) is 10.7. The predicted octanol–water partition coefficient (Wildman–Crippen LogP) is 2.97. The topological polar surface area (TPSA) is 56.6 Å². The number of aromatic nitrogens is 2. The van der Waals surface area contributed by atoms with Crippen molar-refractivity contribution in [1.29, 1.82) is 0 Å². The van der Waals surface area contributed by atoms with Crippen LogP contribution in [0.1, 0.15) is 63.3 Å². The van der Waals surface area contributed by atoms with Gasteiger partial charge in [-0.3, -0.25) is 9.69 Å². The number of hydrogen-bond acceptors (Lipinski definition) is 4. The standard InChI is InChI=1S/C23H30BN3O3/c1-21(2)13-15-11-17-20(28)27(10-9-26(17)18(15)14-21)19-12-16(7-8-25-19)24-29-22(3,4)23(5,6)30-24/h7-8,11-12H,9-10,13-14H2,1-6H3. The van der Waals surface area contributed by atoms with E-state index in [0.29, 0.717) is 12.4 Å². The predicted molar refractivity (Wildman–Crippen MR) is 117 cm³/mol. The van der Waals surface area contributed by atoms with Crippen LogP contribution in [0.5, 0.6) is 0 Å². The summed E-state index contributed by atoms with van der Waals surface area (Å²) in [6.45, 7) is 14.2. The van der Waals surface area contributed by atoms with Gasteiger partial charge in [-0.25, -0.2) is 4.98 Å². The zero-order valence-corrected chi connectivity index (χ0v) is 18.8. The minimum atomic E-state index is -0.466. The number of anilines is 1. The molecule has 0 spiro atoms. The molecule has 0 bridgehead atoms. The number of hydrogen-bond donors (Lipinski definition) is 0. The lowest BCUT2D eigenvalue weighted by Gasteiger charge is -2.32. The highest BCUT2D eigenvalue weighted by Crippen LogP contribution is 2.39. The zero-order chi connectivity index (χ0) is 21.5. The molecule has 3 aliphatic rings. The highest BCUT2D eigenvalue weighted by Gasteiger charge is 2.52. The fraction of sp³-hybridized carbons (Fsp3) is 0.565. The molecule has 2 aliphatic heterocycles. The first kappa shape index (κ1) is 19.8. The number of pyridine rings is 1. The Hall–Kier alpha value is -2.12. The van der Waals surface area contributed by atoms with E-state index in [1.807, 2.05) is 39.8 Å². The van der Waals surface area contributed by atoms with Gasteiger partial charge in [-0.05, 0) is 75.2 Å². The van der Waals surface area contributed by atoms with Crippen LogP contribution < -0.4 is 10.4 Å². The molecular formula is C23H30BN3O3. The van der Waals surface area contributed by atoms with Crippen molar-refractivity contribution in [2.75, 3.05) is 11.4 Å². The Labute approximate surface area is 178 Å². The monoisotopic (exact) mass is 407 g/mol. The summed E-state index contributed by atoms with van der Waals surface area (Å²) < 4.78 is 14.6. The minimum absolute atomic E-state index is 0.0204. The van der Waals surface area contributed by atoms with Crippen LogP contribution >= 0.6 is 0 Å². The summed E-state index contributed by atoms with van der Waals surface area (Å²) in [6.07, 6.45) is 3.80. The quantitative estimate of drug-likeness (QED) is 0.719. The lowest BCUT2D eigenvalue weighted by Crippen LogP contribution is -2.42. The van der Waals surface area contributed by atoms with Gasteiger partial charge in [-0.2, -0.15) is 0 Å². The van der Waals surface area contributed by atoms with E-state index in [1.54, 1.807) is 11.1 Å². The molecule has 0 saturated carbocycles. The molecule has 1 aliphatic carbocycles. The van der Waals surface area contributed by atoms with Gasteiger partial charge >= 0.3 is 7.12 Å². The number of carbonyl (C=O) groups excluding carboxylic acids is 1. The second-order valence-electron chi connectivity index (χ2n) is 10.7. The van der Waals surface area contributed by atoms with Crippen LogP contribution in [0.15, 0.2) is 24.4 Å². The highest BCUT2D eigenvalue weighted by molar-refractivity contribution is 6.62. The first-order valence-corrected chi connectivity index (χ1v) is 10.8. The summed E-state index contributed by atoms with van der Waals surface area (Å²) in [5.41, 5.74) is 3.80. The van der Waals surface area contributed by atoms with E-state index in [2.05, 4.69) is 29.5 Å². The summed E-state index contributed by atoms with van der Waals surface area (Å²) in [5.74, 6) is 0.673. The van der Waals surface area contributed by atoms with Crippen LogP contribution in [-0.4, -0.2) is 40.3 Å². The molecule has 0 aromatic carbocycles. The molecule has 5 rings (SSSR count). The molecule has 0 N–H and O–H groups in total. The molecule has 0 atom stereocenters. The number of rotatable bonds is 2. The maximum atomic E-state index is 13.3. The van der Waals surface area contributed by atoms with E-state index in [4.69, 9.17) is 9.31 Å². The molecule has 1 fully saturated rings. The van der Waals surface area contributed by atoms with E-state index >= 15 is 0 Å². The lowest BCUT2D eigenvalue weighted by atomic mass is 9.79. The molecule has 1 saturated heterocycles. The average molecular weight is 407 g/mol. The Morgan fingerprint density at radius 1 is 1.00 bits per heavy atom. The van der Waals surface area contributed by atoms with Gasteiger partial charge in [0.05, 0.1) is 11.2 Å². The average Bonchev–Trinajstić information content (AvgIpc) is 3.21. The Bertz CT molecular complexity index is 1020. The van der Waals surface area contributed by atoms with E-state index in [9.17, 15) is 4.79 Å². The van der Waals surface area contributed by atoms with E-state index < -0.39 is 18.3 Å². The normalized spacial score (nSPS) is 23.6. The Morgan fingerprint density at radius 2 is 1.70 bits per heavy atom. The summed E-state index contributed by atoms with van der Waals surface area (Å²) >= 11 is 0. The molecular weight excluding hydrogens is 377 g/mol.